The van der Waals surface area contributed by atoms with E-state index >= 15 is 0 Å². The van der Waals surface area contributed by atoms with Gasteiger partial charge in [0.1, 0.15) is 12.6 Å². The molecule has 0 aliphatic carbocycles. The fraction of sp³-hybridized carbons (Fsp3) is 0.619. The Kier molecular flexibility index (Phi) is 7.23. The van der Waals surface area contributed by atoms with Crippen molar-refractivity contribution in [3.8, 4) is 0 Å². The molecule has 0 saturated carbocycles. The molecule has 2 atom stereocenters. The van der Waals surface area contributed by atoms with Gasteiger partial charge < -0.3 is 19.5 Å². The summed E-state index contributed by atoms with van der Waals surface area (Å²) < 4.78 is 19.0. The van der Waals surface area contributed by atoms with E-state index in [2.05, 4.69) is 25.2 Å². The van der Waals surface area contributed by atoms with Crippen LogP contribution in [0.4, 0.5) is 5.82 Å². The Labute approximate surface area is 181 Å². The van der Waals surface area contributed by atoms with Gasteiger partial charge in [-0.05, 0) is 26.7 Å². The van der Waals surface area contributed by atoms with Gasteiger partial charge in [-0.2, -0.15) is 0 Å². The first-order valence-corrected chi connectivity index (χ1v) is 10.8. The number of hydrogen-bond acceptors (Lipinski definition) is 8. The van der Waals surface area contributed by atoms with Gasteiger partial charge in [-0.1, -0.05) is 6.08 Å². The molecular formula is C21H30N6O4. The first kappa shape index (κ1) is 21.8. The summed E-state index contributed by atoms with van der Waals surface area (Å²) in [7, 11) is 0. The minimum absolute atomic E-state index is 0.0578. The third-order valence-corrected chi connectivity index (χ3v) is 5.35. The maximum atomic E-state index is 12.4. The minimum Gasteiger partial charge on any atom is -0.379 e. The molecule has 2 aliphatic rings. The van der Waals surface area contributed by atoms with Gasteiger partial charge in [0.15, 0.2) is 17.0 Å². The van der Waals surface area contributed by atoms with Crippen LogP contribution in [0.3, 0.4) is 0 Å². The molecule has 10 heteroatoms. The highest BCUT2D eigenvalue weighted by atomic mass is 16.6. The molecule has 168 valence electrons. The van der Waals surface area contributed by atoms with Crippen LogP contribution in [0.25, 0.3) is 11.2 Å². The van der Waals surface area contributed by atoms with Crippen LogP contribution in [0.1, 0.15) is 32.9 Å². The Morgan fingerprint density at radius 3 is 2.94 bits per heavy atom. The standard InChI is InChI=1S/C21H30N6O4/c1-15(2)30-12-16-5-6-18(31-16)27-14-24-19-20(22-13-23-21(19)27)25-17(28)4-3-7-26-8-10-29-11-9-26/h3-4,13-16,18H,5-12H2,1-2H3,(H,22,23,25,28)/b4-3+. The van der Waals surface area contributed by atoms with Crippen LogP contribution < -0.4 is 5.32 Å². The molecule has 31 heavy (non-hydrogen) atoms. The zero-order chi connectivity index (χ0) is 21.6. The SMILES string of the molecule is CC(C)OCC1CCC(n2cnc3c(NC(=O)/C=C/CN4CCOCC4)ncnc32)O1. The number of hydrogen-bond donors (Lipinski definition) is 1. The summed E-state index contributed by atoms with van der Waals surface area (Å²) in [6.45, 7) is 8.54. The van der Waals surface area contributed by atoms with Gasteiger partial charge >= 0.3 is 0 Å². The van der Waals surface area contributed by atoms with Gasteiger partial charge in [0, 0.05) is 25.7 Å². The van der Waals surface area contributed by atoms with Gasteiger partial charge in [-0.3, -0.25) is 14.3 Å². The molecule has 1 amide bonds. The van der Waals surface area contributed by atoms with Crippen molar-refractivity contribution in [2.24, 2.45) is 0 Å². The van der Waals surface area contributed by atoms with E-state index in [0.717, 1.165) is 39.1 Å². The number of nitrogens with zero attached hydrogens (tertiary/aromatic N) is 5. The molecule has 2 unspecified atom stereocenters. The molecule has 2 saturated heterocycles. The van der Waals surface area contributed by atoms with Crippen LogP contribution >= 0.6 is 0 Å². The number of aromatic nitrogens is 4. The number of carbonyl (C=O) groups excluding carboxylic acids is 1. The summed E-state index contributed by atoms with van der Waals surface area (Å²) in [5.74, 6) is 0.147. The maximum Gasteiger partial charge on any atom is 0.249 e. The number of ether oxygens (including phenoxy) is 3. The third-order valence-electron chi connectivity index (χ3n) is 5.35. The normalized spacial score (nSPS) is 22.7. The van der Waals surface area contributed by atoms with Gasteiger partial charge in [-0.15, -0.1) is 0 Å². The number of morpholine rings is 1. The highest BCUT2D eigenvalue weighted by Gasteiger charge is 2.28. The molecular weight excluding hydrogens is 400 g/mol. The predicted octanol–water partition coefficient (Wildman–Crippen LogP) is 1.76. The second-order valence-corrected chi connectivity index (χ2v) is 8.02. The fourth-order valence-corrected chi connectivity index (χ4v) is 3.72. The lowest BCUT2D eigenvalue weighted by Gasteiger charge is -2.24. The lowest BCUT2D eigenvalue weighted by atomic mass is 10.2. The molecule has 2 aliphatic heterocycles. The van der Waals surface area contributed by atoms with Crippen molar-refractivity contribution in [2.45, 2.75) is 45.1 Å². The topological polar surface area (TPSA) is 104 Å². The van der Waals surface area contributed by atoms with Crippen LogP contribution in [0.2, 0.25) is 0 Å². The Bertz CT molecular complexity index is 908. The third kappa shape index (κ3) is 5.65. The number of nitrogens with one attached hydrogen (secondary N) is 1. The lowest BCUT2D eigenvalue weighted by Crippen LogP contribution is -2.36. The van der Waals surface area contributed by atoms with E-state index in [9.17, 15) is 4.79 Å². The van der Waals surface area contributed by atoms with Crippen molar-refractivity contribution in [3.05, 3.63) is 24.8 Å². The zero-order valence-electron chi connectivity index (χ0n) is 18.1. The van der Waals surface area contributed by atoms with Crippen molar-refractivity contribution in [3.63, 3.8) is 0 Å². The van der Waals surface area contributed by atoms with Crippen LogP contribution in [-0.2, 0) is 19.0 Å². The molecule has 0 radical (unpaired) electrons. The molecule has 0 spiro atoms. The van der Waals surface area contributed by atoms with Crippen molar-refractivity contribution in [1.82, 2.24) is 24.4 Å². The van der Waals surface area contributed by atoms with Crippen molar-refractivity contribution in [1.29, 1.82) is 0 Å². The first-order chi connectivity index (χ1) is 15.1. The Balaban J connectivity index is 1.37. The second-order valence-electron chi connectivity index (χ2n) is 8.02. The van der Waals surface area contributed by atoms with E-state index in [4.69, 9.17) is 14.2 Å². The summed E-state index contributed by atoms with van der Waals surface area (Å²) in [5, 5.41) is 2.81. The van der Waals surface area contributed by atoms with Gasteiger partial charge in [0.05, 0.1) is 38.4 Å². The average molecular weight is 431 g/mol. The first-order valence-electron chi connectivity index (χ1n) is 10.8. The van der Waals surface area contributed by atoms with E-state index in [1.807, 2.05) is 24.5 Å². The van der Waals surface area contributed by atoms with Crippen LogP contribution in [0, 0.1) is 0 Å². The number of carbonyl (C=O) groups is 1. The molecule has 2 fully saturated rings. The summed E-state index contributed by atoms with van der Waals surface area (Å²) in [6, 6.07) is 0. The van der Waals surface area contributed by atoms with Gasteiger partial charge in [-0.25, -0.2) is 15.0 Å². The molecule has 4 rings (SSSR count). The van der Waals surface area contributed by atoms with Crippen molar-refractivity contribution in [2.75, 3.05) is 44.8 Å². The zero-order valence-corrected chi connectivity index (χ0v) is 18.1. The molecule has 1 N–H and O–H groups in total. The van der Waals surface area contributed by atoms with E-state index in [1.54, 1.807) is 6.33 Å². The Hall–Kier alpha value is -2.40. The summed E-state index contributed by atoms with van der Waals surface area (Å²) in [4.78, 5) is 27.6. The van der Waals surface area contributed by atoms with E-state index in [0.29, 0.717) is 30.1 Å². The summed E-state index contributed by atoms with van der Waals surface area (Å²) in [6.07, 6.45) is 8.36. The average Bonchev–Trinajstić information content (AvgIpc) is 3.40. The maximum absolute atomic E-state index is 12.4. The van der Waals surface area contributed by atoms with Gasteiger partial charge in [0.2, 0.25) is 5.91 Å². The molecule has 10 nitrogen and oxygen atoms in total. The van der Waals surface area contributed by atoms with Crippen molar-refractivity contribution >= 4 is 22.9 Å². The molecule has 0 aromatic carbocycles. The summed E-state index contributed by atoms with van der Waals surface area (Å²) >= 11 is 0. The van der Waals surface area contributed by atoms with Crippen LogP contribution in [0.5, 0.6) is 0 Å². The number of fused-ring (bicyclic) bond motifs is 1. The number of rotatable bonds is 8. The quantitative estimate of drug-likeness (QED) is 0.632. The van der Waals surface area contributed by atoms with Crippen molar-refractivity contribution < 1.29 is 19.0 Å². The molecule has 2 aromatic rings. The second kappa shape index (κ2) is 10.3. The number of amides is 1. The van der Waals surface area contributed by atoms with Gasteiger partial charge in [0.25, 0.3) is 0 Å². The predicted molar refractivity (Wildman–Crippen MR) is 115 cm³/mol. The number of imidazole rings is 1. The highest BCUT2D eigenvalue weighted by molar-refractivity contribution is 6.02. The molecule has 4 heterocycles. The minimum atomic E-state index is -0.245. The largest absolute Gasteiger partial charge is 0.379 e. The summed E-state index contributed by atoms with van der Waals surface area (Å²) in [5.41, 5.74) is 1.18. The highest BCUT2D eigenvalue weighted by Crippen LogP contribution is 2.31. The Morgan fingerprint density at radius 2 is 2.13 bits per heavy atom. The van der Waals surface area contributed by atoms with E-state index in [-0.39, 0.29) is 24.3 Å². The van der Waals surface area contributed by atoms with E-state index < -0.39 is 0 Å². The monoisotopic (exact) mass is 430 g/mol. The number of anilines is 1. The lowest BCUT2D eigenvalue weighted by molar-refractivity contribution is -0.111. The van der Waals surface area contributed by atoms with Crippen LogP contribution in [0.15, 0.2) is 24.8 Å². The van der Waals surface area contributed by atoms with Crippen LogP contribution in [-0.4, -0.2) is 82.0 Å². The Morgan fingerprint density at radius 1 is 1.29 bits per heavy atom. The molecule has 0 bridgehead atoms. The molecule has 2 aromatic heterocycles. The van der Waals surface area contributed by atoms with E-state index in [1.165, 1.54) is 12.4 Å². The smallest absolute Gasteiger partial charge is 0.249 e. The fourth-order valence-electron chi connectivity index (χ4n) is 3.72.